The Balaban J connectivity index is 2.62. The maximum Gasteiger partial charge on any atom is 0.358 e. The molecule has 0 aliphatic heterocycles. The molecular weight excluding hydrogens is 243 g/mol. The van der Waals surface area contributed by atoms with Crippen LogP contribution in [-0.4, -0.2) is 26.2 Å². The van der Waals surface area contributed by atoms with Gasteiger partial charge in [0.05, 0.1) is 0 Å². The zero-order valence-corrected chi connectivity index (χ0v) is 8.85. The lowest BCUT2D eigenvalue weighted by molar-refractivity contribution is 0.0686. The van der Waals surface area contributed by atoms with Crippen LogP contribution in [0.4, 0.5) is 4.39 Å². The van der Waals surface area contributed by atoms with Crippen molar-refractivity contribution < 1.29 is 19.4 Å². The number of aromatic amines is 1. The van der Waals surface area contributed by atoms with Crippen LogP contribution in [0.25, 0.3) is 11.4 Å². The molecule has 6 nitrogen and oxygen atoms in total. The fourth-order valence-electron chi connectivity index (χ4n) is 1.36. The van der Waals surface area contributed by atoms with Crippen molar-refractivity contribution in [3.63, 3.8) is 0 Å². The summed E-state index contributed by atoms with van der Waals surface area (Å²) in [5.41, 5.74) is -1.39. The van der Waals surface area contributed by atoms with Crippen LogP contribution in [0.3, 0.4) is 0 Å². The minimum absolute atomic E-state index is 0.0600. The van der Waals surface area contributed by atoms with E-state index in [0.717, 1.165) is 12.1 Å². The predicted octanol–water partition coefficient (Wildman–Crippen LogP) is 0.980. The van der Waals surface area contributed by atoms with Gasteiger partial charge in [-0.05, 0) is 24.3 Å². The van der Waals surface area contributed by atoms with E-state index in [1.165, 1.54) is 12.1 Å². The lowest BCUT2D eigenvalue weighted by Gasteiger charge is -2.03. The molecule has 1 heterocycles. The first kappa shape index (κ1) is 11.8. The van der Waals surface area contributed by atoms with E-state index in [0.29, 0.717) is 5.56 Å². The van der Waals surface area contributed by atoms with Gasteiger partial charge in [-0.3, -0.25) is 4.79 Å². The molecule has 0 saturated heterocycles. The molecule has 0 radical (unpaired) electrons. The molecule has 92 valence electrons. The molecule has 18 heavy (non-hydrogen) atoms. The van der Waals surface area contributed by atoms with E-state index in [1.54, 1.807) is 0 Å². The molecule has 0 spiro atoms. The van der Waals surface area contributed by atoms with E-state index in [-0.39, 0.29) is 5.82 Å². The summed E-state index contributed by atoms with van der Waals surface area (Å²) in [5, 5.41) is 18.0. The first-order chi connectivity index (χ1) is 8.49. The molecule has 0 atom stereocenters. The first-order valence-corrected chi connectivity index (χ1v) is 4.81. The smallest absolute Gasteiger partial charge is 0.358 e. The number of carbonyl (C=O) groups is 1. The maximum atomic E-state index is 12.7. The number of nitrogens with zero attached hydrogens (tertiary/aromatic N) is 1. The van der Waals surface area contributed by atoms with Crippen LogP contribution in [0.15, 0.2) is 29.1 Å². The van der Waals surface area contributed by atoms with Crippen LogP contribution in [0.2, 0.25) is 0 Å². The van der Waals surface area contributed by atoms with E-state index in [2.05, 4.69) is 9.97 Å². The second kappa shape index (κ2) is 4.28. The standard InChI is InChI=1S/C11H7FN2O4/c12-6-3-1-5(2-4-6)9-13-7(11(17)18)8(15)10(16)14-9/h1-4,15H,(H,17,18)(H,13,14,16). The molecule has 0 fully saturated rings. The largest absolute Gasteiger partial charge is 0.501 e. The summed E-state index contributed by atoms with van der Waals surface area (Å²) in [4.78, 5) is 27.9. The number of aromatic carboxylic acids is 1. The number of nitrogens with one attached hydrogen (secondary N) is 1. The van der Waals surface area contributed by atoms with Crippen molar-refractivity contribution in [3.05, 3.63) is 46.1 Å². The molecule has 2 aromatic rings. The molecule has 0 saturated carbocycles. The third-order valence-corrected chi connectivity index (χ3v) is 2.22. The lowest BCUT2D eigenvalue weighted by Crippen LogP contribution is -2.15. The first-order valence-electron chi connectivity index (χ1n) is 4.81. The van der Waals surface area contributed by atoms with Gasteiger partial charge in [0.1, 0.15) is 11.6 Å². The van der Waals surface area contributed by atoms with Gasteiger partial charge in [0, 0.05) is 5.56 Å². The van der Waals surface area contributed by atoms with Crippen molar-refractivity contribution in [2.75, 3.05) is 0 Å². The topological polar surface area (TPSA) is 103 Å². The third kappa shape index (κ3) is 2.05. The summed E-state index contributed by atoms with van der Waals surface area (Å²) in [6.07, 6.45) is 0. The van der Waals surface area contributed by atoms with Gasteiger partial charge in [0.15, 0.2) is 5.69 Å². The van der Waals surface area contributed by atoms with Crippen LogP contribution in [0, 0.1) is 5.82 Å². The molecule has 0 bridgehead atoms. The Morgan fingerprint density at radius 3 is 2.44 bits per heavy atom. The van der Waals surface area contributed by atoms with E-state index in [9.17, 15) is 19.1 Å². The number of carboxylic acids is 1. The van der Waals surface area contributed by atoms with E-state index in [4.69, 9.17) is 5.11 Å². The van der Waals surface area contributed by atoms with Crippen molar-refractivity contribution in [2.24, 2.45) is 0 Å². The summed E-state index contributed by atoms with van der Waals surface area (Å²) in [6.45, 7) is 0. The zero-order valence-electron chi connectivity index (χ0n) is 8.85. The molecule has 1 aromatic carbocycles. The Morgan fingerprint density at radius 1 is 1.28 bits per heavy atom. The molecule has 7 heteroatoms. The predicted molar refractivity (Wildman–Crippen MR) is 58.9 cm³/mol. The number of halogens is 1. The second-order valence-corrected chi connectivity index (χ2v) is 3.42. The Kier molecular flexibility index (Phi) is 2.80. The van der Waals surface area contributed by atoms with E-state index >= 15 is 0 Å². The maximum absolute atomic E-state index is 12.7. The highest BCUT2D eigenvalue weighted by Crippen LogP contribution is 2.17. The average molecular weight is 250 g/mol. The Bertz CT molecular complexity index is 664. The van der Waals surface area contributed by atoms with Gasteiger partial charge in [-0.25, -0.2) is 14.2 Å². The lowest BCUT2D eigenvalue weighted by atomic mass is 10.2. The number of hydrogen-bond acceptors (Lipinski definition) is 4. The number of hydrogen-bond donors (Lipinski definition) is 3. The SMILES string of the molecule is O=C(O)c1nc(-c2ccc(F)cc2)[nH]c(=O)c1O. The minimum Gasteiger partial charge on any atom is -0.501 e. The molecule has 0 aliphatic carbocycles. The van der Waals surface area contributed by atoms with Gasteiger partial charge in [0.2, 0.25) is 5.75 Å². The average Bonchev–Trinajstić information content (AvgIpc) is 2.33. The molecule has 3 N–H and O–H groups in total. The number of aromatic nitrogens is 2. The summed E-state index contributed by atoms with van der Waals surface area (Å²) < 4.78 is 12.7. The van der Waals surface area contributed by atoms with Gasteiger partial charge >= 0.3 is 5.97 Å². The van der Waals surface area contributed by atoms with Crippen LogP contribution < -0.4 is 5.56 Å². The van der Waals surface area contributed by atoms with E-state index < -0.39 is 28.8 Å². The Hall–Kier alpha value is -2.70. The summed E-state index contributed by atoms with van der Waals surface area (Å²) in [6, 6.07) is 4.94. The number of benzene rings is 1. The van der Waals surface area contributed by atoms with Crippen LogP contribution in [-0.2, 0) is 0 Å². The summed E-state index contributed by atoms with van der Waals surface area (Å²) in [7, 11) is 0. The molecule has 2 rings (SSSR count). The molecule has 0 aliphatic rings. The highest BCUT2D eigenvalue weighted by atomic mass is 19.1. The van der Waals surface area contributed by atoms with Crippen molar-refractivity contribution >= 4 is 5.97 Å². The van der Waals surface area contributed by atoms with Gasteiger partial charge in [-0.15, -0.1) is 0 Å². The highest BCUT2D eigenvalue weighted by molar-refractivity contribution is 5.88. The van der Waals surface area contributed by atoms with E-state index in [1.807, 2.05) is 0 Å². The van der Waals surface area contributed by atoms with Gasteiger partial charge in [-0.2, -0.15) is 0 Å². The molecule has 1 aromatic heterocycles. The van der Waals surface area contributed by atoms with Gasteiger partial charge < -0.3 is 15.2 Å². The number of aromatic hydroxyl groups is 1. The fourth-order valence-corrected chi connectivity index (χ4v) is 1.36. The van der Waals surface area contributed by atoms with Gasteiger partial charge in [0.25, 0.3) is 5.56 Å². The third-order valence-electron chi connectivity index (χ3n) is 2.22. The highest BCUT2D eigenvalue weighted by Gasteiger charge is 2.17. The Labute approximate surface area is 99.4 Å². The van der Waals surface area contributed by atoms with Crippen molar-refractivity contribution in [2.45, 2.75) is 0 Å². The van der Waals surface area contributed by atoms with Gasteiger partial charge in [-0.1, -0.05) is 0 Å². The quantitative estimate of drug-likeness (QED) is 0.737. The number of carboxylic acid groups (broad SMARTS) is 1. The number of H-pyrrole nitrogens is 1. The monoisotopic (exact) mass is 250 g/mol. The second-order valence-electron chi connectivity index (χ2n) is 3.42. The minimum atomic E-state index is -1.53. The Morgan fingerprint density at radius 2 is 1.89 bits per heavy atom. The van der Waals surface area contributed by atoms with Crippen molar-refractivity contribution in [3.8, 4) is 17.1 Å². The normalized spacial score (nSPS) is 10.3. The van der Waals surface area contributed by atoms with Crippen LogP contribution in [0.1, 0.15) is 10.5 Å². The summed E-state index contributed by atoms with van der Waals surface area (Å²) >= 11 is 0. The fraction of sp³-hybridized carbons (Fsp3) is 0. The van der Waals surface area contributed by atoms with Crippen LogP contribution in [0.5, 0.6) is 5.75 Å². The van der Waals surface area contributed by atoms with Crippen molar-refractivity contribution in [1.82, 2.24) is 9.97 Å². The molecular formula is C11H7FN2O4. The summed E-state index contributed by atoms with van der Waals surface area (Å²) in [5.74, 6) is -3.02. The molecule has 0 unspecified atom stereocenters. The van der Waals surface area contributed by atoms with Crippen molar-refractivity contribution in [1.29, 1.82) is 0 Å². The van der Waals surface area contributed by atoms with Crippen LogP contribution >= 0.6 is 0 Å². The molecule has 0 amide bonds. The number of rotatable bonds is 2. The zero-order chi connectivity index (χ0) is 13.3.